The first kappa shape index (κ1) is 23.4. The van der Waals surface area contributed by atoms with Gasteiger partial charge in [0.1, 0.15) is 17.3 Å². The van der Waals surface area contributed by atoms with Crippen molar-refractivity contribution in [1.82, 2.24) is 9.88 Å². The van der Waals surface area contributed by atoms with Crippen LogP contribution in [0.3, 0.4) is 0 Å². The maximum absolute atomic E-state index is 15.0. The summed E-state index contributed by atoms with van der Waals surface area (Å²) in [6.07, 6.45) is 0.455. The largest absolute Gasteiger partial charge is 0.507 e. The van der Waals surface area contributed by atoms with E-state index in [1.165, 1.54) is 24.1 Å². The molecule has 36 heavy (non-hydrogen) atoms. The van der Waals surface area contributed by atoms with Crippen LogP contribution in [0.2, 0.25) is 0 Å². The Morgan fingerprint density at radius 1 is 1.03 bits per heavy atom. The average Bonchev–Trinajstić information content (AvgIpc) is 3.34. The van der Waals surface area contributed by atoms with E-state index < -0.39 is 23.5 Å². The number of nitrogens with one attached hydrogen (secondary N) is 1. The van der Waals surface area contributed by atoms with E-state index in [4.69, 9.17) is 4.74 Å². The van der Waals surface area contributed by atoms with Crippen LogP contribution in [0.5, 0.6) is 5.75 Å². The zero-order chi connectivity index (χ0) is 25.4. The van der Waals surface area contributed by atoms with Crippen LogP contribution in [0.1, 0.15) is 28.4 Å². The van der Waals surface area contributed by atoms with Crippen LogP contribution in [0.15, 0.2) is 78.4 Å². The number of aromatic amines is 1. The van der Waals surface area contributed by atoms with Crippen molar-refractivity contribution in [2.75, 3.05) is 13.7 Å². The normalized spacial score (nSPS) is 17.2. The molecule has 2 heterocycles. The molecule has 6 nitrogen and oxygen atoms in total. The minimum Gasteiger partial charge on any atom is -0.507 e. The summed E-state index contributed by atoms with van der Waals surface area (Å²) in [5, 5.41) is 12.2. The number of benzene rings is 3. The number of amides is 1. The lowest BCUT2D eigenvalue weighted by atomic mass is 9.94. The van der Waals surface area contributed by atoms with Gasteiger partial charge in [-0.05, 0) is 55.3 Å². The maximum atomic E-state index is 15.0. The molecule has 182 valence electrons. The van der Waals surface area contributed by atoms with Crippen LogP contribution in [0.25, 0.3) is 16.7 Å². The molecule has 0 spiro atoms. The van der Waals surface area contributed by atoms with Gasteiger partial charge in [0.25, 0.3) is 11.7 Å². The van der Waals surface area contributed by atoms with Gasteiger partial charge in [-0.25, -0.2) is 4.39 Å². The van der Waals surface area contributed by atoms with Gasteiger partial charge in [0.2, 0.25) is 0 Å². The van der Waals surface area contributed by atoms with Gasteiger partial charge in [0, 0.05) is 34.3 Å². The quantitative estimate of drug-likeness (QED) is 0.221. The first-order valence-corrected chi connectivity index (χ1v) is 11.6. The number of Topliss-reactive ketones (excluding diaryl/α,β-unsaturated/α-hetero) is 1. The number of methoxy groups -OCH3 is 1. The van der Waals surface area contributed by atoms with E-state index in [0.29, 0.717) is 17.7 Å². The number of aryl methyl sites for hydroxylation is 1. The van der Waals surface area contributed by atoms with Crippen LogP contribution in [0.4, 0.5) is 4.39 Å². The molecule has 7 heteroatoms. The van der Waals surface area contributed by atoms with Crippen LogP contribution in [-0.4, -0.2) is 40.3 Å². The Hall–Kier alpha value is -4.39. The van der Waals surface area contributed by atoms with Crippen LogP contribution in [-0.2, 0) is 16.0 Å². The number of likely N-dealkylation sites (tertiary alicyclic amines) is 1. The molecule has 0 unspecified atom stereocenters. The zero-order valence-electron chi connectivity index (χ0n) is 19.9. The summed E-state index contributed by atoms with van der Waals surface area (Å²) in [6, 6.07) is 19.3. The summed E-state index contributed by atoms with van der Waals surface area (Å²) in [6.45, 7) is 2.13. The summed E-state index contributed by atoms with van der Waals surface area (Å²) in [4.78, 5) is 31.2. The van der Waals surface area contributed by atoms with Gasteiger partial charge in [-0.2, -0.15) is 0 Å². The Labute approximate surface area is 207 Å². The number of para-hydroxylation sites is 1. The van der Waals surface area contributed by atoms with Gasteiger partial charge in [0.05, 0.1) is 18.7 Å². The highest BCUT2D eigenvalue weighted by atomic mass is 19.1. The van der Waals surface area contributed by atoms with Crippen molar-refractivity contribution < 1.29 is 23.8 Å². The van der Waals surface area contributed by atoms with Gasteiger partial charge in [-0.15, -0.1) is 0 Å². The standard InChI is InChI=1S/C29H25FN2O4/c1-17-20(21-7-4-6-10-24(21)31-17)15-16-32-26(22-8-3-5-9-23(22)30)25(28(34)29(32)35)27(33)18-11-13-19(36-2)14-12-18/h3-14,26,31,33H,15-16H2,1-2H3/t26-/m0/s1. The molecule has 1 amide bonds. The third-order valence-corrected chi connectivity index (χ3v) is 6.73. The van der Waals surface area contributed by atoms with Crippen LogP contribution >= 0.6 is 0 Å². The second-order valence-electron chi connectivity index (χ2n) is 8.77. The fourth-order valence-electron chi connectivity index (χ4n) is 4.92. The average molecular weight is 485 g/mol. The molecule has 0 bridgehead atoms. The Kier molecular flexibility index (Phi) is 6.06. The van der Waals surface area contributed by atoms with Crippen molar-refractivity contribution in [2.45, 2.75) is 19.4 Å². The molecule has 3 aromatic carbocycles. The molecular formula is C29H25FN2O4. The number of rotatable bonds is 6. The number of carbonyl (C=O) groups is 2. The SMILES string of the molecule is COc1ccc(C(O)=C2C(=O)C(=O)N(CCc3c(C)[nH]c4ccccc34)[C@H]2c2ccccc2F)cc1. The second-order valence-corrected chi connectivity index (χ2v) is 8.77. The number of hydrogen-bond acceptors (Lipinski definition) is 4. The van der Waals surface area contributed by atoms with Crippen molar-refractivity contribution >= 4 is 28.4 Å². The number of H-pyrrole nitrogens is 1. The van der Waals surface area contributed by atoms with Gasteiger partial charge >= 0.3 is 0 Å². The summed E-state index contributed by atoms with van der Waals surface area (Å²) < 4.78 is 20.2. The molecule has 5 rings (SSSR count). The van der Waals surface area contributed by atoms with Crippen molar-refractivity contribution in [3.8, 4) is 5.75 Å². The number of aromatic nitrogens is 1. The van der Waals surface area contributed by atoms with E-state index in [2.05, 4.69) is 4.98 Å². The van der Waals surface area contributed by atoms with Gasteiger partial charge in [-0.1, -0.05) is 36.4 Å². The minimum absolute atomic E-state index is 0.133. The minimum atomic E-state index is -1.06. The predicted octanol–water partition coefficient (Wildman–Crippen LogP) is 5.29. The van der Waals surface area contributed by atoms with Crippen molar-refractivity contribution in [1.29, 1.82) is 0 Å². The number of aliphatic hydroxyl groups is 1. The van der Waals surface area contributed by atoms with E-state index >= 15 is 4.39 Å². The second kappa shape index (κ2) is 9.34. The van der Waals surface area contributed by atoms with E-state index in [1.54, 1.807) is 36.4 Å². The predicted molar refractivity (Wildman–Crippen MR) is 135 cm³/mol. The molecule has 4 aromatic rings. The Bertz CT molecular complexity index is 1500. The number of ether oxygens (including phenoxy) is 1. The molecule has 1 aromatic heterocycles. The van der Waals surface area contributed by atoms with Crippen LogP contribution < -0.4 is 4.74 Å². The van der Waals surface area contributed by atoms with Crippen LogP contribution in [0, 0.1) is 12.7 Å². The Balaban J connectivity index is 1.58. The number of aliphatic hydroxyl groups excluding tert-OH is 1. The maximum Gasteiger partial charge on any atom is 0.295 e. The third-order valence-electron chi connectivity index (χ3n) is 6.73. The van der Waals surface area contributed by atoms with Crippen molar-refractivity contribution in [3.63, 3.8) is 0 Å². The Morgan fingerprint density at radius 3 is 2.44 bits per heavy atom. The first-order chi connectivity index (χ1) is 17.4. The van der Waals surface area contributed by atoms with Gasteiger partial charge in [-0.3, -0.25) is 9.59 Å². The van der Waals surface area contributed by atoms with E-state index in [9.17, 15) is 14.7 Å². The molecule has 1 fully saturated rings. The summed E-state index contributed by atoms with van der Waals surface area (Å²) >= 11 is 0. The van der Waals surface area contributed by atoms with E-state index in [1.807, 2.05) is 31.2 Å². The zero-order valence-corrected chi connectivity index (χ0v) is 19.9. The highest BCUT2D eigenvalue weighted by Gasteiger charge is 2.46. The summed E-state index contributed by atoms with van der Waals surface area (Å²) in [5.74, 6) is -1.94. The molecule has 1 aliphatic heterocycles. The number of ketones is 1. The van der Waals surface area contributed by atoms with Gasteiger partial charge < -0.3 is 19.7 Å². The smallest absolute Gasteiger partial charge is 0.295 e. The third kappa shape index (κ3) is 3.92. The topological polar surface area (TPSA) is 82.6 Å². The molecule has 0 saturated carbocycles. The van der Waals surface area contributed by atoms with Crippen molar-refractivity contribution in [3.05, 3.63) is 107 Å². The number of halogens is 1. The number of fused-ring (bicyclic) bond motifs is 1. The highest BCUT2D eigenvalue weighted by molar-refractivity contribution is 6.46. The highest BCUT2D eigenvalue weighted by Crippen LogP contribution is 2.40. The van der Waals surface area contributed by atoms with E-state index in [-0.39, 0.29) is 23.4 Å². The number of carbonyl (C=O) groups excluding carboxylic acids is 2. The van der Waals surface area contributed by atoms with Crippen molar-refractivity contribution in [2.24, 2.45) is 0 Å². The molecule has 0 aliphatic carbocycles. The van der Waals surface area contributed by atoms with E-state index in [0.717, 1.165) is 22.2 Å². The lowest BCUT2D eigenvalue weighted by molar-refractivity contribution is -0.139. The molecular weight excluding hydrogens is 459 g/mol. The fourth-order valence-corrected chi connectivity index (χ4v) is 4.92. The fraction of sp³-hybridized carbons (Fsp3) is 0.172. The molecule has 1 aliphatic rings. The first-order valence-electron chi connectivity index (χ1n) is 11.6. The Morgan fingerprint density at radius 2 is 1.72 bits per heavy atom. The van der Waals surface area contributed by atoms with Gasteiger partial charge in [0.15, 0.2) is 0 Å². The number of hydrogen-bond donors (Lipinski definition) is 2. The lowest BCUT2D eigenvalue weighted by Crippen LogP contribution is -2.32. The molecule has 2 N–H and O–H groups in total. The summed E-state index contributed by atoms with van der Waals surface area (Å²) in [5.41, 5.74) is 3.33. The lowest BCUT2D eigenvalue weighted by Gasteiger charge is -2.25. The summed E-state index contributed by atoms with van der Waals surface area (Å²) in [7, 11) is 1.52. The molecule has 1 saturated heterocycles. The molecule has 1 atom stereocenters. The monoisotopic (exact) mass is 484 g/mol. The number of nitrogens with zero attached hydrogens (tertiary/aromatic N) is 1. The molecule has 0 radical (unpaired) electrons.